The Bertz CT molecular complexity index is 538. The Balaban J connectivity index is 2.69. The molecule has 16 heavy (non-hydrogen) atoms. The Labute approximate surface area is 108 Å². The lowest BCUT2D eigenvalue weighted by Crippen LogP contribution is -1.82. The summed E-state index contributed by atoms with van der Waals surface area (Å²) in [6, 6.07) is 10.3. The van der Waals surface area contributed by atoms with Gasteiger partial charge in [0.25, 0.3) is 0 Å². The number of halogens is 3. The molecule has 2 aromatic carbocycles. The van der Waals surface area contributed by atoms with Crippen molar-refractivity contribution < 1.29 is 5.11 Å². The molecule has 0 amide bonds. The lowest BCUT2D eigenvalue weighted by molar-refractivity contribution is 0.476. The van der Waals surface area contributed by atoms with Crippen molar-refractivity contribution in [2.75, 3.05) is 0 Å². The molecule has 0 unspecified atom stereocenters. The largest absolute Gasteiger partial charge is 0.506 e. The zero-order valence-corrected chi connectivity index (χ0v) is 10.3. The summed E-state index contributed by atoms with van der Waals surface area (Å²) in [5.74, 6) is -0.0518. The van der Waals surface area contributed by atoms with Gasteiger partial charge in [0.15, 0.2) is 0 Å². The van der Waals surface area contributed by atoms with Crippen molar-refractivity contribution in [3.8, 4) is 16.9 Å². The third kappa shape index (κ3) is 2.12. The number of phenolic OH excluding ortho intramolecular Hbond substituents is 1. The fraction of sp³-hybridized carbons (Fsp3) is 0. The summed E-state index contributed by atoms with van der Waals surface area (Å²) in [4.78, 5) is 0. The third-order valence-corrected chi connectivity index (χ3v) is 3.13. The van der Waals surface area contributed by atoms with Gasteiger partial charge in [-0.2, -0.15) is 0 Å². The van der Waals surface area contributed by atoms with E-state index in [-0.39, 0.29) is 10.8 Å². The van der Waals surface area contributed by atoms with Gasteiger partial charge in [0.2, 0.25) is 0 Å². The molecule has 2 rings (SSSR count). The van der Waals surface area contributed by atoms with Gasteiger partial charge in [-0.15, -0.1) is 0 Å². The van der Waals surface area contributed by atoms with Crippen molar-refractivity contribution in [3.05, 3.63) is 51.5 Å². The van der Waals surface area contributed by atoms with Crippen molar-refractivity contribution in [2.45, 2.75) is 0 Å². The van der Waals surface area contributed by atoms with Gasteiger partial charge in [-0.1, -0.05) is 53.0 Å². The molecule has 0 atom stereocenters. The minimum atomic E-state index is -0.0518. The predicted molar refractivity (Wildman–Crippen MR) is 68.6 cm³/mol. The van der Waals surface area contributed by atoms with Crippen molar-refractivity contribution in [3.63, 3.8) is 0 Å². The molecule has 0 fully saturated rings. The second-order valence-corrected chi connectivity index (χ2v) is 4.49. The van der Waals surface area contributed by atoms with Crippen LogP contribution in [-0.2, 0) is 0 Å². The van der Waals surface area contributed by atoms with Crippen LogP contribution in [0.5, 0.6) is 5.75 Å². The molecular formula is C12H7Cl3O. The Hall–Kier alpha value is -0.890. The number of hydrogen-bond donors (Lipinski definition) is 1. The SMILES string of the molecule is Oc1cc(Cl)cc(-c2ccccc2Cl)c1Cl. The van der Waals surface area contributed by atoms with Gasteiger partial charge in [0.1, 0.15) is 5.75 Å². The van der Waals surface area contributed by atoms with E-state index in [1.807, 2.05) is 18.2 Å². The van der Waals surface area contributed by atoms with Crippen molar-refractivity contribution in [1.82, 2.24) is 0 Å². The first-order valence-electron chi connectivity index (χ1n) is 4.52. The Morgan fingerprint density at radius 2 is 1.56 bits per heavy atom. The van der Waals surface area contributed by atoms with Crippen LogP contribution in [0, 0.1) is 0 Å². The van der Waals surface area contributed by atoms with Gasteiger partial charge in [-0.3, -0.25) is 0 Å². The van der Waals surface area contributed by atoms with E-state index in [0.717, 1.165) is 5.56 Å². The molecule has 0 aromatic heterocycles. The summed E-state index contributed by atoms with van der Waals surface area (Å²) in [6.07, 6.45) is 0. The average molecular weight is 274 g/mol. The summed E-state index contributed by atoms with van der Waals surface area (Å²) in [5, 5.41) is 10.8. The lowest BCUT2D eigenvalue weighted by Gasteiger charge is -2.08. The van der Waals surface area contributed by atoms with E-state index in [0.29, 0.717) is 15.6 Å². The fourth-order valence-corrected chi connectivity index (χ4v) is 2.11. The van der Waals surface area contributed by atoms with Crippen LogP contribution in [0.4, 0.5) is 0 Å². The number of rotatable bonds is 1. The molecule has 0 aliphatic carbocycles. The highest BCUT2D eigenvalue weighted by Crippen LogP contribution is 2.39. The minimum Gasteiger partial charge on any atom is -0.506 e. The van der Waals surface area contributed by atoms with E-state index in [4.69, 9.17) is 34.8 Å². The van der Waals surface area contributed by atoms with E-state index in [9.17, 15) is 5.11 Å². The van der Waals surface area contributed by atoms with Gasteiger partial charge in [-0.05, 0) is 12.1 Å². The smallest absolute Gasteiger partial charge is 0.136 e. The van der Waals surface area contributed by atoms with Crippen LogP contribution in [0.2, 0.25) is 15.1 Å². The molecule has 0 radical (unpaired) electrons. The Morgan fingerprint density at radius 1 is 0.875 bits per heavy atom. The zero-order valence-electron chi connectivity index (χ0n) is 8.05. The molecule has 1 N–H and O–H groups in total. The highest BCUT2D eigenvalue weighted by atomic mass is 35.5. The number of benzene rings is 2. The van der Waals surface area contributed by atoms with Gasteiger partial charge in [0.05, 0.1) is 5.02 Å². The van der Waals surface area contributed by atoms with Crippen LogP contribution >= 0.6 is 34.8 Å². The molecule has 0 aliphatic rings. The molecule has 0 bridgehead atoms. The van der Waals surface area contributed by atoms with Crippen LogP contribution in [0.3, 0.4) is 0 Å². The molecule has 1 nitrogen and oxygen atoms in total. The number of aromatic hydroxyl groups is 1. The van der Waals surface area contributed by atoms with Gasteiger partial charge in [-0.25, -0.2) is 0 Å². The molecule has 0 saturated carbocycles. The quantitative estimate of drug-likeness (QED) is 0.773. The van der Waals surface area contributed by atoms with Crippen LogP contribution < -0.4 is 0 Å². The third-order valence-electron chi connectivity index (χ3n) is 2.18. The number of phenols is 1. The average Bonchev–Trinajstić information content (AvgIpc) is 2.24. The van der Waals surface area contributed by atoms with Gasteiger partial charge >= 0.3 is 0 Å². The highest BCUT2D eigenvalue weighted by Gasteiger charge is 2.11. The van der Waals surface area contributed by atoms with Crippen LogP contribution in [0.25, 0.3) is 11.1 Å². The first-order chi connectivity index (χ1) is 7.59. The first-order valence-corrected chi connectivity index (χ1v) is 5.66. The van der Waals surface area contributed by atoms with Crippen LogP contribution in [0.1, 0.15) is 0 Å². The Morgan fingerprint density at radius 3 is 2.25 bits per heavy atom. The first kappa shape index (κ1) is 11.6. The maximum absolute atomic E-state index is 9.57. The van der Waals surface area contributed by atoms with E-state index in [1.54, 1.807) is 12.1 Å². The lowest BCUT2D eigenvalue weighted by atomic mass is 10.1. The van der Waals surface area contributed by atoms with E-state index >= 15 is 0 Å². The van der Waals surface area contributed by atoms with Gasteiger partial charge < -0.3 is 5.11 Å². The summed E-state index contributed by atoms with van der Waals surface area (Å²) in [5.41, 5.74) is 1.37. The summed E-state index contributed by atoms with van der Waals surface area (Å²) < 4.78 is 0. The molecule has 4 heteroatoms. The normalized spacial score (nSPS) is 10.4. The molecular weight excluding hydrogens is 266 g/mol. The molecule has 0 saturated heterocycles. The standard InChI is InChI=1S/C12H7Cl3O/c13-7-5-9(12(15)11(16)6-7)8-3-1-2-4-10(8)14/h1-6,16H. The molecule has 82 valence electrons. The van der Waals surface area contributed by atoms with Crippen LogP contribution in [-0.4, -0.2) is 5.11 Å². The molecule has 2 aromatic rings. The predicted octanol–water partition coefficient (Wildman–Crippen LogP) is 5.02. The summed E-state index contributed by atoms with van der Waals surface area (Å²) >= 11 is 17.9. The molecule has 0 heterocycles. The van der Waals surface area contributed by atoms with Crippen LogP contribution in [0.15, 0.2) is 36.4 Å². The zero-order chi connectivity index (χ0) is 11.7. The van der Waals surface area contributed by atoms with Crippen molar-refractivity contribution in [2.24, 2.45) is 0 Å². The van der Waals surface area contributed by atoms with Crippen molar-refractivity contribution >= 4 is 34.8 Å². The van der Waals surface area contributed by atoms with E-state index in [1.165, 1.54) is 6.07 Å². The molecule has 0 aliphatic heterocycles. The van der Waals surface area contributed by atoms with E-state index in [2.05, 4.69) is 0 Å². The van der Waals surface area contributed by atoms with Crippen molar-refractivity contribution in [1.29, 1.82) is 0 Å². The summed E-state index contributed by atoms with van der Waals surface area (Å²) in [7, 11) is 0. The summed E-state index contributed by atoms with van der Waals surface area (Å²) in [6.45, 7) is 0. The topological polar surface area (TPSA) is 20.2 Å². The second-order valence-electron chi connectivity index (χ2n) is 3.27. The van der Waals surface area contributed by atoms with Gasteiger partial charge in [0, 0.05) is 27.2 Å². The highest BCUT2D eigenvalue weighted by molar-refractivity contribution is 6.38. The minimum absolute atomic E-state index is 0.0518. The molecule has 0 spiro atoms. The fourth-order valence-electron chi connectivity index (χ4n) is 1.45. The van der Waals surface area contributed by atoms with E-state index < -0.39 is 0 Å². The number of hydrogen-bond acceptors (Lipinski definition) is 1. The monoisotopic (exact) mass is 272 g/mol. The maximum Gasteiger partial charge on any atom is 0.136 e. The Kier molecular flexibility index (Phi) is 3.29. The maximum atomic E-state index is 9.57. The second kappa shape index (κ2) is 4.54.